The normalized spacial score (nSPS) is 25.5. The minimum Gasteiger partial charge on any atom is -0.512 e. The molecule has 0 saturated carbocycles. The van der Waals surface area contributed by atoms with E-state index in [0.29, 0.717) is 6.42 Å². The van der Waals surface area contributed by atoms with Crippen molar-refractivity contribution in [2.24, 2.45) is 5.92 Å². The summed E-state index contributed by atoms with van der Waals surface area (Å²) in [5.74, 6) is 0.0202. The fourth-order valence-corrected chi connectivity index (χ4v) is 0.964. The van der Waals surface area contributed by atoms with Crippen LogP contribution in [0.15, 0.2) is 23.7 Å². The Morgan fingerprint density at radius 1 is 1.50 bits per heavy atom. The Kier molecular flexibility index (Phi) is 1.97. The molecule has 3 nitrogen and oxygen atoms in total. The quantitative estimate of drug-likeness (QED) is 0.509. The van der Waals surface area contributed by atoms with Gasteiger partial charge in [-0.15, -0.1) is 0 Å². The summed E-state index contributed by atoms with van der Waals surface area (Å²) in [4.78, 5) is 0. The molecule has 0 aromatic heterocycles. The molecule has 1 aliphatic carbocycles. The summed E-state index contributed by atoms with van der Waals surface area (Å²) in [6.07, 6.45) is 3.23. The van der Waals surface area contributed by atoms with E-state index < -0.39 is 0 Å². The molecule has 0 bridgehead atoms. The van der Waals surface area contributed by atoms with Crippen molar-refractivity contribution in [2.45, 2.75) is 6.42 Å². The van der Waals surface area contributed by atoms with E-state index in [1.165, 1.54) is 12.2 Å². The van der Waals surface area contributed by atoms with Crippen LogP contribution in [0.3, 0.4) is 0 Å². The topological polar surface area (TPSA) is 60.7 Å². The lowest BCUT2D eigenvalue weighted by molar-refractivity contribution is 0.229. The number of hydrogen-bond donors (Lipinski definition) is 3. The first-order valence-electron chi connectivity index (χ1n) is 3.13. The fraction of sp³-hybridized carbons (Fsp3) is 0.429. The second-order valence-electron chi connectivity index (χ2n) is 2.37. The molecule has 1 unspecified atom stereocenters. The zero-order valence-electron chi connectivity index (χ0n) is 5.49. The van der Waals surface area contributed by atoms with E-state index in [9.17, 15) is 0 Å². The standard InChI is InChI=1S/C7H10O3/c8-4-5-1-6(9)3-7(10)2-5/h1,3,5,8-10H,2,4H2. The van der Waals surface area contributed by atoms with Gasteiger partial charge in [-0.3, -0.25) is 0 Å². The Labute approximate surface area is 58.9 Å². The molecule has 0 heterocycles. The average molecular weight is 142 g/mol. The molecule has 1 aliphatic rings. The molecule has 0 aromatic rings. The van der Waals surface area contributed by atoms with Gasteiger partial charge in [-0.25, -0.2) is 0 Å². The lowest BCUT2D eigenvalue weighted by Gasteiger charge is -2.13. The third kappa shape index (κ3) is 1.51. The number of aliphatic hydroxyl groups is 3. The highest BCUT2D eigenvalue weighted by atomic mass is 16.3. The van der Waals surface area contributed by atoms with Gasteiger partial charge in [-0.2, -0.15) is 0 Å². The van der Waals surface area contributed by atoms with E-state index in [1.807, 2.05) is 0 Å². The maximum absolute atomic E-state index is 8.93. The van der Waals surface area contributed by atoms with E-state index in [2.05, 4.69) is 0 Å². The Morgan fingerprint density at radius 2 is 2.20 bits per heavy atom. The summed E-state index contributed by atoms with van der Waals surface area (Å²) in [6, 6.07) is 0. The Bertz CT molecular complexity index is 181. The van der Waals surface area contributed by atoms with Gasteiger partial charge < -0.3 is 15.3 Å². The zero-order chi connectivity index (χ0) is 7.56. The number of rotatable bonds is 1. The van der Waals surface area contributed by atoms with Crippen molar-refractivity contribution in [3.63, 3.8) is 0 Å². The van der Waals surface area contributed by atoms with Crippen LogP contribution < -0.4 is 0 Å². The van der Waals surface area contributed by atoms with E-state index in [1.54, 1.807) is 0 Å². The maximum Gasteiger partial charge on any atom is 0.115 e. The van der Waals surface area contributed by atoms with Crippen molar-refractivity contribution < 1.29 is 15.3 Å². The van der Waals surface area contributed by atoms with Crippen LogP contribution in [0.2, 0.25) is 0 Å². The Balaban J connectivity index is 2.67. The molecule has 56 valence electrons. The van der Waals surface area contributed by atoms with Gasteiger partial charge in [0, 0.05) is 25.0 Å². The van der Waals surface area contributed by atoms with E-state index in [4.69, 9.17) is 15.3 Å². The molecule has 0 amide bonds. The highest BCUT2D eigenvalue weighted by Crippen LogP contribution is 2.18. The van der Waals surface area contributed by atoms with Crippen molar-refractivity contribution >= 4 is 0 Å². The first-order chi connectivity index (χ1) is 4.72. The molecule has 0 spiro atoms. The van der Waals surface area contributed by atoms with E-state index in [0.717, 1.165) is 0 Å². The fourth-order valence-electron chi connectivity index (χ4n) is 0.964. The molecule has 0 fully saturated rings. The largest absolute Gasteiger partial charge is 0.512 e. The predicted molar refractivity (Wildman–Crippen MR) is 36.6 cm³/mol. The number of hydrogen-bond acceptors (Lipinski definition) is 3. The van der Waals surface area contributed by atoms with Crippen LogP contribution in [-0.4, -0.2) is 21.9 Å². The van der Waals surface area contributed by atoms with E-state index >= 15 is 0 Å². The molecule has 3 heteroatoms. The second kappa shape index (κ2) is 2.75. The smallest absolute Gasteiger partial charge is 0.115 e. The molecule has 0 aliphatic heterocycles. The minimum absolute atomic E-state index is 0.0304. The zero-order valence-corrected chi connectivity index (χ0v) is 5.49. The summed E-state index contributed by atoms with van der Waals surface area (Å²) < 4.78 is 0. The van der Waals surface area contributed by atoms with Gasteiger partial charge in [0.15, 0.2) is 0 Å². The van der Waals surface area contributed by atoms with Gasteiger partial charge in [0.05, 0.1) is 5.76 Å². The summed E-state index contributed by atoms with van der Waals surface area (Å²) in [7, 11) is 0. The summed E-state index contributed by atoms with van der Waals surface area (Å²) in [5.41, 5.74) is 0. The summed E-state index contributed by atoms with van der Waals surface area (Å²) >= 11 is 0. The van der Waals surface area contributed by atoms with Gasteiger partial charge in [0.1, 0.15) is 5.76 Å². The molecule has 0 saturated heterocycles. The van der Waals surface area contributed by atoms with Crippen LogP contribution in [-0.2, 0) is 0 Å². The minimum atomic E-state index is -0.134. The molecular formula is C7H10O3. The lowest BCUT2D eigenvalue weighted by atomic mass is 10.00. The molecule has 3 N–H and O–H groups in total. The van der Waals surface area contributed by atoms with Gasteiger partial charge in [-0.1, -0.05) is 0 Å². The van der Waals surface area contributed by atoms with Crippen LogP contribution in [0.4, 0.5) is 0 Å². The summed E-state index contributed by atoms with van der Waals surface area (Å²) in [5, 5.41) is 26.5. The van der Waals surface area contributed by atoms with Crippen LogP contribution in [0.1, 0.15) is 6.42 Å². The van der Waals surface area contributed by atoms with E-state index in [-0.39, 0.29) is 24.0 Å². The van der Waals surface area contributed by atoms with Crippen LogP contribution in [0, 0.1) is 5.92 Å². The molecule has 10 heavy (non-hydrogen) atoms. The Hall–Kier alpha value is -0.960. The highest BCUT2D eigenvalue weighted by molar-refractivity contribution is 5.20. The molecule has 0 aromatic carbocycles. The lowest BCUT2D eigenvalue weighted by Crippen LogP contribution is -2.08. The van der Waals surface area contributed by atoms with Crippen LogP contribution in [0.25, 0.3) is 0 Å². The van der Waals surface area contributed by atoms with Gasteiger partial charge >= 0.3 is 0 Å². The van der Waals surface area contributed by atoms with Crippen LogP contribution in [0.5, 0.6) is 0 Å². The first kappa shape index (κ1) is 7.15. The van der Waals surface area contributed by atoms with Crippen molar-refractivity contribution in [1.82, 2.24) is 0 Å². The van der Waals surface area contributed by atoms with Crippen molar-refractivity contribution in [3.05, 3.63) is 23.7 Å². The van der Waals surface area contributed by atoms with Gasteiger partial charge in [-0.05, 0) is 6.08 Å². The first-order valence-corrected chi connectivity index (χ1v) is 3.13. The van der Waals surface area contributed by atoms with Crippen molar-refractivity contribution in [3.8, 4) is 0 Å². The highest BCUT2D eigenvalue weighted by Gasteiger charge is 2.12. The third-order valence-electron chi connectivity index (χ3n) is 1.43. The predicted octanol–water partition coefficient (Wildman–Crippen LogP) is 0.882. The Morgan fingerprint density at radius 3 is 2.70 bits per heavy atom. The van der Waals surface area contributed by atoms with Gasteiger partial charge in [0.25, 0.3) is 0 Å². The van der Waals surface area contributed by atoms with Crippen molar-refractivity contribution in [2.75, 3.05) is 6.61 Å². The number of aliphatic hydroxyl groups excluding tert-OH is 3. The van der Waals surface area contributed by atoms with Crippen LogP contribution >= 0.6 is 0 Å². The number of allylic oxidation sites excluding steroid dienone is 2. The molecule has 1 rings (SSSR count). The van der Waals surface area contributed by atoms with Gasteiger partial charge in [0.2, 0.25) is 0 Å². The van der Waals surface area contributed by atoms with Crippen molar-refractivity contribution in [1.29, 1.82) is 0 Å². The third-order valence-corrected chi connectivity index (χ3v) is 1.43. The monoisotopic (exact) mass is 142 g/mol. The second-order valence-corrected chi connectivity index (χ2v) is 2.37. The maximum atomic E-state index is 8.93. The molecule has 1 atom stereocenters. The average Bonchev–Trinajstić information content (AvgIpc) is 1.85. The summed E-state index contributed by atoms with van der Waals surface area (Å²) in [6.45, 7) is -0.0397. The SMILES string of the molecule is OCC1C=C(O)C=C(O)C1. The molecule has 0 radical (unpaired) electrons. The molecular weight excluding hydrogens is 132 g/mol.